The highest BCUT2D eigenvalue weighted by molar-refractivity contribution is 6.06. The molecule has 0 atom stereocenters. The van der Waals surface area contributed by atoms with Crippen molar-refractivity contribution in [1.82, 2.24) is 0 Å². The normalized spacial score (nSPS) is 10.3. The molecule has 0 unspecified atom stereocenters. The Kier molecular flexibility index (Phi) is 3.43. The number of phenols is 2. The molecule has 0 saturated heterocycles. The molecule has 0 aliphatic rings. The standard InChI is InChI=1S/C13H10F2N2O3/c14-7-4-8(15)10(5-9(7)16)17-13(20)6-2-1-3-11(18)12(6)19/h1-5,18-19H,16H2,(H,17,20). The van der Waals surface area contributed by atoms with E-state index in [9.17, 15) is 23.8 Å². The van der Waals surface area contributed by atoms with Gasteiger partial charge in [0.2, 0.25) is 0 Å². The molecule has 2 aromatic carbocycles. The van der Waals surface area contributed by atoms with Crippen LogP contribution in [0.2, 0.25) is 0 Å². The van der Waals surface area contributed by atoms with Crippen LogP contribution in [-0.2, 0) is 0 Å². The molecule has 2 aromatic rings. The van der Waals surface area contributed by atoms with Gasteiger partial charge >= 0.3 is 0 Å². The van der Waals surface area contributed by atoms with Gasteiger partial charge in [-0.15, -0.1) is 0 Å². The van der Waals surface area contributed by atoms with Crippen LogP contribution in [0.5, 0.6) is 11.5 Å². The number of halogens is 2. The fourth-order valence-corrected chi connectivity index (χ4v) is 1.57. The molecule has 0 radical (unpaired) electrons. The summed E-state index contributed by atoms with van der Waals surface area (Å²) >= 11 is 0. The number of nitrogen functional groups attached to an aromatic ring is 1. The first-order valence-electron chi connectivity index (χ1n) is 5.47. The van der Waals surface area contributed by atoms with Crippen LogP contribution in [0.3, 0.4) is 0 Å². The highest BCUT2D eigenvalue weighted by Gasteiger charge is 2.16. The summed E-state index contributed by atoms with van der Waals surface area (Å²) in [7, 11) is 0. The molecule has 5 nitrogen and oxygen atoms in total. The SMILES string of the molecule is Nc1cc(NC(=O)c2cccc(O)c2O)c(F)cc1F. The minimum atomic E-state index is -1.01. The monoisotopic (exact) mass is 280 g/mol. The number of aromatic hydroxyl groups is 2. The molecule has 0 aliphatic carbocycles. The zero-order chi connectivity index (χ0) is 14.9. The molecular formula is C13H10F2N2O3. The van der Waals surface area contributed by atoms with E-state index in [0.717, 1.165) is 6.07 Å². The number of carbonyl (C=O) groups excluding carboxylic acids is 1. The van der Waals surface area contributed by atoms with E-state index in [1.54, 1.807) is 0 Å². The number of para-hydroxylation sites is 1. The van der Waals surface area contributed by atoms with Gasteiger partial charge in [-0.2, -0.15) is 0 Å². The van der Waals surface area contributed by atoms with Gasteiger partial charge in [0.1, 0.15) is 11.6 Å². The average molecular weight is 280 g/mol. The number of carbonyl (C=O) groups is 1. The molecule has 2 rings (SSSR count). The smallest absolute Gasteiger partial charge is 0.259 e. The summed E-state index contributed by atoms with van der Waals surface area (Å²) in [6.45, 7) is 0. The first kappa shape index (κ1) is 13.6. The van der Waals surface area contributed by atoms with Crippen molar-refractivity contribution < 1.29 is 23.8 Å². The number of hydrogen-bond donors (Lipinski definition) is 4. The minimum Gasteiger partial charge on any atom is -0.504 e. The van der Waals surface area contributed by atoms with Gasteiger partial charge < -0.3 is 21.3 Å². The van der Waals surface area contributed by atoms with Gasteiger partial charge in [-0.05, 0) is 18.2 Å². The highest BCUT2D eigenvalue weighted by Crippen LogP contribution is 2.29. The zero-order valence-corrected chi connectivity index (χ0v) is 10.0. The predicted octanol–water partition coefficient (Wildman–Crippen LogP) is 2.21. The third-order valence-corrected chi connectivity index (χ3v) is 2.59. The number of hydrogen-bond acceptors (Lipinski definition) is 4. The maximum Gasteiger partial charge on any atom is 0.259 e. The lowest BCUT2D eigenvalue weighted by atomic mass is 10.1. The molecular weight excluding hydrogens is 270 g/mol. The molecule has 0 fully saturated rings. The summed E-state index contributed by atoms with van der Waals surface area (Å²) < 4.78 is 26.5. The van der Waals surface area contributed by atoms with Crippen molar-refractivity contribution in [2.75, 3.05) is 11.1 Å². The summed E-state index contributed by atoms with van der Waals surface area (Å²) in [5.41, 5.74) is 4.35. The summed E-state index contributed by atoms with van der Waals surface area (Å²) in [5.74, 6) is -3.95. The van der Waals surface area contributed by atoms with Crippen LogP contribution in [0.1, 0.15) is 10.4 Å². The second kappa shape index (κ2) is 5.04. The van der Waals surface area contributed by atoms with Crippen LogP contribution < -0.4 is 11.1 Å². The van der Waals surface area contributed by atoms with Crippen molar-refractivity contribution in [2.45, 2.75) is 0 Å². The van der Waals surface area contributed by atoms with Crippen molar-refractivity contribution >= 4 is 17.3 Å². The van der Waals surface area contributed by atoms with Gasteiger partial charge in [0, 0.05) is 6.07 Å². The fourth-order valence-electron chi connectivity index (χ4n) is 1.57. The Balaban J connectivity index is 2.33. The third kappa shape index (κ3) is 2.46. The Morgan fingerprint density at radius 1 is 1.15 bits per heavy atom. The third-order valence-electron chi connectivity index (χ3n) is 2.59. The molecule has 7 heteroatoms. The van der Waals surface area contributed by atoms with Gasteiger partial charge in [-0.25, -0.2) is 8.78 Å². The lowest BCUT2D eigenvalue weighted by molar-refractivity contribution is 0.102. The van der Waals surface area contributed by atoms with E-state index in [0.29, 0.717) is 6.07 Å². The second-order valence-electron chi connectivity index (χ2n) is 3.98. The van der Waals surface area contributed by atoms with Crippen LogP contribution in [0, 0.1) is 11.6 Å². The first-order valence-corrected chi connectivity index (χ1v) is 5.47. The summed E-state index contributed by atoms with van der Waals surface area (Å²) in [4.78, 5) is 11.9. The molecule has 0 spiro atoms. The van der Waals surface area contributed by atoms with Crippen LogP contribution >= 0.6 is 0 Å². The van der Waals surface area contributed by atoms with Crippen LogP contribution in [-0.4, -0.2) is 16.1 Å². The van der Waals surface area contributed by atoms with Crippen molar-refractivity contribution in [2.24, 2.45) is 0 Å². The maximum absolute atomic E-state index is 13.5. The number of phenolic OH excluding ortho intramolecular Hbond substituents is 2. The summed E-state index contributed by atoms with van der Waals surface area (Å²) in [6.07, 6.45) is 0. The number of anilines is 2. The number of amides is 1. The number of nitrogens with one attached hydrogen (secondary N) is 1. The Labute approximate surface area is 112 Å². The quantitative estimate of drug-likeness (QED) is 0.501. The number of nitrogens with two attached hydrogens (primary N) is 1. The molecule has 0 saturated carbocycles. The molecule has 0 bridgehead atoms. The van der Waals surface area contributed by atoms with E-state index in [1.165, 1.54) is 18.2 Å². The first-order chi connectivity index (χ1) is 9.40. The van der Waals surface area contributed by atoms with Crippen molar-refractivity contribution in [1.29, 1.82) is 0 Å². The van der Waals surface area contributed by atoms with Gasteiger partial charge in [-0.3, -0.25) is 4.79 Å². The highest BCUT2D eigenvalue weighted by atomic mass is 19.1. The van der Waals surface area contributed by atoms with E-state index in [-0.39, 0.29) is 16.9 Å². The molecule has 0 aliphatic heterocycles. The largest absolute Gasteiger partial charge is 0.504 e. The maximum atomic E-state index is 13.5. The van der Waals surface area contributed by atoms with E-state index in [4.69, 9.17) is 5.73 Å². The van der Waals surface area contributed by atoms with Gasteiger partial charge in [0.25, 0.3) is 5.91 Å². The fraction of sp³-hybridized carbons (Fsp3) is 0. The number of rotatable bonds is 2. The lowest BCUT2D eigenvalue weighted by Crippen LogP contribution is -2.13. The molecule has 5 N–H and O–H groups in total. The van der Waals surface area contributed by atoms with Crippen LogP contribution in [0.4, 0.5) is 20.2 Å². The average Bonchev–Trinajstić information content (AvgIpc) is 2.39. The van der Waals surface area contributed by atoms with E-state index in [2.05, 4.69) is 5.32 Å². The van der Waals surface area contributed by atoms with Crippen molar-refractivity contribution in [3.8, 4) is 11.5 Å². The van der Waals surface area contributed by atoms with E-state index >= 15 is 0 Å². The lowest BCUT2D eigenvalue weighted by Gasteiger charge is -2.09. The van der Waals surface area contributed by atoms with Crippen molar-refractivity contribution in [3.63, 3.8) is 0 Å². The summed E-state index contributed by atoms with van der Waals surface area (Å²) in [6, 6.07) is 5.20. The second-order valence-corrected chi connectivity index (χ2v) is 3.98. The summed E-state index contributed by atoms with van der Waals surface area (Å²) in [5, 5.41) is 20.9. The molecule has 0 heterocycles. The molecule has 1 amide bonds. The molecule has 20 heavy (non-hydrogen) atoms. The van der Waals surface area contributed by atoms with Crippen LogP contribution in [0.15, 0.2) is 30.3 Å². The topological polar surface area (TPSA) is 95.6 Å². The molecule has 0 aromatic heterocycles. The Morgan fingerprint density at radius 3 is 2.55 bits per heavy atom. The minimum absolute atomic E-state index is 0.257. The Bertz CT molecular complexity index is 690. The van der Waals surface area contributed by atoms with Gasteiger partial charge in [0.15, 0.2) is 11.5 Å². The van der Waals surface area contributed by atoms with Crippen LogP contribution in [0.25, 0.3) is 0 Å². The van der Waals surface area contributed by atoms with Gasteiger partial charge in [0.05, 0.1) is 16.9 Å². The van der Waals surface area contributed by atoms with Gasteiger partial charge in [-0.1, -0.05) is 6.07 Å². The molecule has 104 valence electrons. The Hall–Kier alpha value is -2.83. The van der Waals surface area contributed by atoms with E-state index < -0.39 is 29.0 Å². The number of benzene rings is 2. The van der Waals surface area contributed by atoms with Crippen molar-refractivity contribution in [3.05, 3.63) is 47.5 Å². The zero-order valence-electron chi connectivity index (χ0n) is 10.0. The van der Waals surface area contributed by atoms with E-state index in [1.807, 2.05) is 0 Å². The Morgan fingerprint density at radius 2 is 1.85 bits per heavy atom. The predicted molar refractivity (Wildman–Crippen MR) is 68.5 cm³/mol.